The minimum Gasteiger partial charge on any atom is -0.0656 e. The van der Waals surface area contributed by atoms with Gasteiger partial charge in [0.15, 0.2) is 0 Å². The van der Waals surface area contributed by atoms with E-state index >= 15 is 0 Å². The molecule has 0 unspecified atom stereocenters. The maximum atomic E-state index is 2.23. The normalized spacial score (nSPS) is 7.67. The van der Waals surface area contributed by atoms with Gasteiger partial charge in [0.05, 0.1) is 0 Å². The molecule has 0 bridgehead atoms. The van der Waals surface area contributed by atoms with Crippen LogP contribution < -0.4 is 0 Å². The van der Waals surface area contributed by atoms with Crippen molar-refractivity contribution in [1.82, 2.24) is 0 Å². The van der Waals surface area contributed by atoms with E-state index in [2.05, 4.69) is 41.5 Å². The van der Waals surface area contributed by atoms with Crippen LogP contribution in [0.2, 0.25) is 0 Å². The average molecular weight is 252 g/mol. The van der Waals surface area contributed by atoms with Crippen LogP contribution >= 0.6 is 0 Å². The predicted molar refractivity (Wildman–Crippen MR) is 88.2 cm³/mol. The van der Waals surface area contributed by atoms with Crippen LogP contribution in [0.3, 0.4) is 0 Å². The SMILES string of the molecule is CCC.CCC.CCCCCC.c1ccccc1. The molecule has 1 aromatic rings. The van der Waals surface area contributed by atoms with Gasteiger partial charge >= 0.3 is 0 Å². The van der Waals surface area contributed by atoms with E-state index in [-0.39, 0.29) is 0 Å². The summed E-state index contributed by atoms with van der Waals surface area (Å²) < 4.78 is 0. The van der Waals surface area contributed by atoms with E-state index in [1.54, 1.807) is 0 Å². The fourth-order valence-electron chi connectivity index (χ4n) is 0.885. The van der Waals surface area contributed by atoms with Crippen LogP contribution in [-0.2, 0) is 0 Å². The number of hydrogen-bond acceptors (Lipinski definition) is 0. The number of unbranched alkanes of at least 4 members (excludes halogenated alkanes) is 3. The van der Waals surface area contributed by atoms with Crippen LogP contribution in [0.1, 0.15) is 80.1 Å². The first kappa shape index (κ1) is 22.4. The lowest BCUT2D eigenvalue weighted by atomic mass is 10.2. The summed E-state index contributed by atoms with van der Waals surface area (Å²) >= 11 is 0. The van der Waals surface area contributed by atoms with Crippen molar-refractivity contribution in [1.29, 1.82) is 0 Å². The molecule has 1 aromatic carbocycles. The highest BCUT2D eigenvalue weighted by molar-refractivity contribution is 4.99. The van der Waals surface area contributed by atoms with Crippen molar-refractivity contribution in [3.63, 3.8) is 0 Å². The second-order valence-electron chi connectivity index (χ2n) is 4.28. The zero-order valence-corrected chi connectivity index (χ0v) is 13.7. The van der Waals surface area contributed by atoms with Gasteiger partial charge in [0, 0.05) is 0 Å². The zero-order chi connectivity index (χ0) is 14.5. The van der Waals surface area contributed by atoms with E-state index in [1.165, 1.54) is 38.5 Å². The Bertz CT molecular complexity index is 134. The molecule has 0 heteroatoms. The average Bonchev–Trinajstić information content (AvgIpc) is 2.41. The standard InChI is InChI=1S/C6H6.C6H14.2C3H8/c1-2-4-6-5-3-1;1-3-5-6-4-2;2*1-3-2/h1-6H;3-6H2,1-2H3;2*3H2,1-2H3. The van der Waals surface area contributed by atoms with Gasteiger partial charge in [-0.1, -0.05) is 116 Å². The highest BCUT2D eigenvalue weighted by atomic mass is 13.8. The molecule has 18 heavy (non-hydrogen) atoms. The number of benzene rings is 1. The molecule has 0 spiro atoms. The Labute approximate surface area is 117 Å². The molecule has 0 fully saturated rings. The fourth-order valence-corrected chi connectivity index (χ4v) is 0.885. The van der Waals surface area contributed by atoms with Crippen LogP contribution in [0.15, 0.2) is 36.4 Å². The minimum atomic E-state index is 1.25. The van der Waals surface area contributed by atoms with Crippen molar-refractivity contribution in [2.75, 3.05) is 0 Å². The molecule has 0 aliphatic rings. The fraction of sp³-hybridized carbons (Fsp3) is 0.667. The van der Waals surface area contributed by atoms with E-state index in [0.29, 0.717) is 0 Å². The molecule has 0 saturated carbocycles. The van der Waals surface area contributed by atoms with Crippen molar-refractivity contribution in [2.45, 2.75) is 80.1 Å². The van der Waals surface area contributed by atoms with Crippen LogP contribution in [0.4, 0.5) is 0 Å². The van der Waals surface area contributed by atoms with Gasteiger partial charge in [-0.2, -0.15) is 0 Å². The zero-order valence-electron chi connectivity index (χ0n) is 13.7. The number of hydrogen-bond donors (Lipinski definition) is 0. The summed E-state index contributed by atoms with van der Waals surface area (Å²) in [5.41, 5.74) is 0. The lowest BCUT2D eigenvalue weighted by Gasteiger charge is -1.86. The summed E-state index contributed by atoms with van der Waals surface area (Å²) in [6.45, 7) is 13.0. The Balaban J connectivity index is -0.000000177. The molecule has 0 nitrogen and oxygen atoms in total. The third kappa shape index (κ3) is 45.5. The number of rotatable bonds is 3. The van der Waals surface area contributed by atoms with E-state index in [4.69, 9.17) is 0 Å². The third-order valence-corrected chi connectivity index (χ3v) is 1.62. The van der Waals surface area contributed by atoms with Gasteiger partial charge in [0.25, 0.3) is 0 Å². The van der Waals surface area contributed by atoms with Gasteiger partial charge < -0.3 is 0 Å². The first-order valence-corrected chi connectivity index (χ1v) is 7.74. The Morgan fingerprint density at radius 1 is 0.444 bits per heavy atom. The Hall–Kier alpha value is -0.780. The maximum Gasteiger partial charge on any atom is -0.0536 e. The van der Waals surface area contributed by atoms with E-state index in [1.807, 2.05) is 36.4 Å². The lowest BCUT2D eigenvalue weighted by molar-refractivity contribution is 0.702. The lowest BCUT2D eigenvalue weighted by Crippen LogP contribution is -1.66. The van der Waals surface area contributed by atoms with Gasteiger partial charge in [0.2, 0.25) is 0 Å². The topological polar surface area (TPSA) is 0 Å². The maximum absolute atomic E-state index is 2.23. The van der Waals surface area contributed by atoms with Gasteiger partial charge in [-0.05, 0) is 0 Å². The third-order valence-electron chi connectivity index (χ3n) is 1.62. The van der Waals surface area contributed by atoms with Gasteiger partial charge in [-0.3, -0.25) is 0 Å². The molecule has 0 atom stereocenters. The molecule has 108 valence electrons. The second kappa shape index (κ2) is 29.8. The Morgan fingerprint density at radius 2 is 0.611 bits per heavy atom. The molecule has 0 N–H and O–H groups in total. The molecule has 0 amide bonds. The highest BCUT2D eigenvalue weighted by Crippen LogP contribution is 1.95. The first-order valence-electron chi connectivity index (χ1n) is 7.74. The molecule has 0 radical (unpaired) electrons. The minimum absolute atomic E-state index is 1.25. The Morgan fingerprint density at radius 3 is 0.722 bits per heavy atom. The summed E-state index contributed by atoms with van der Waals surface area (Å²) in [5, 5.41) is 0. The molecule has 1 rings (SSSR count). The molecular weight excluding hydrogens is 216 g/mol. The van der Waals surface area contributed by atoms with Crippen molar-refractivity contribution >= 4 is 0 Å². The van der Waals surface area contributed by atoms with Crippen LogP contribution in [0.5, 0.6) is 0 Å². The quantitative estimate of drug-likeness (QED) is 0.503. The highest BCUT2D eigenvalue weighted by Gasteiger charge is 1.75. The van der Waals surface area contributed by atoms with Crippen molar-refractivity contribution in [3.05, 3.63) is 36.4 Å². The molecule has 0 aromatic heterocycles. The first-order chi connectivity index (χ1) is 8.74. The summed E-state index contributed by atoms with van der Waals surface area (Å²) in [6.07, 6.45) is 8.04. The summed E-state index contributed by atoms with van der Waals surface area (Å²) in [5.74, 6) is 0. The molecule has 0 aliphatic heterocycles. The largest absolute Gasteiger partial charge is 0.0656 e. The second-order valence-corrected chi connectivity index (χ2v) is 4.28. The van der Waals surface area contributed by atoms with E-state index in [9.17, 15) is 0 Å². The summed E-state index contributed by atoms with van der Waals surface area (Å²) in [4.78, 5) is 0. The van der Waals surface area contributed by atoms with Crippen molar-refractivity contribution in [3.8, 4) is 0 Å². The predicted octanol–water partition coefficient (Wildman–Crippen LogP) is 7.11. The molecule has 0 aliphatic carbocycles. The summed E-state index contributed by atoms with van der Waals surface area (Å²) in [6, 6.07) is 12.0. The van der Waals surface area contributed by atoms with E-state index < -0.39 is 0 Å². The summed E-state index contributed by atoms with van der Waals surface area (Å²) in [7, 11) is 0. The Kier molecular flexibility index (Phi) is 37.1. The van der Waals surface area contributed by atoms with Crippen LogP contribution in [-0.4, -0.2) is 0 Å². The monoisotopic (exact) mass is 252 g/mol. The van der Waals surface area contributed by atoms with Gasteiger partial charge in [-0.25, -0.2) is 0 Å². The van der Waals surface area contributed by atoms with Crippen LogP contribution in [0, 0.1) is 0 Å². The molecular formula is C18H36. The molecule has 0 saturated heterocycles. The van der Waals surface area contributed by atoms with Crippen LogP contribution in [0.25, 0.3) is 0 Å². The molecule has 0 heterocycles. The smallest absolute Gasteiger partial charge is 0.0536 e. The van der Waals surface area contributed by atoms with Gasteiger partial charge in [0.1, 0.15) is 0 Å². The van der Waals surface area contributed by atoms with Crippen molar-refractivity contribution < 1.29 is 0 Å². The van der Waals surface area contributed by atoms with E-state index in [0.717, 1.165) is 0 Å². The van der Waals surface area contributed by atoms with Crippen molar-refractivity contribution in [2.24, 2.45) is 0 Å². The van der Waals surface area contributed by atoms with Gasteiger partial charge in [-0.15, -0.1) is 0 Å².